The first-order chi connectivity index (χ1) is 7.77. The number of carbonyl (C=O) groups is 1. The van der Waals surface area contributed by atoms with Crippen molar-refractivity contribution in [1.82, 2.24) is 10.6 Å². The Labute approximate surface area is 98.4 Å². The van der Waals surface area contributed by atoms with Crippen molar-refractivity contribution in [1.29, 1.82) is 0 Å². The van der Waals surface area contributed by atoms with Crippen LogP contribution < -0.4 is 10.6 Å². The SMILES string of the molecule is CCCCNC(=O)CNCC1(C2CC2)CC1. The normalized spacial score (nSPS) is 21.8. The van der Waals surface area contributed by atoms with Gasteiger partial charge >= 0.3 is 0 Å². The van der Waals surface area contributed by atoms with Gasteiger partial charge in [0.1, 0.15) is 0 Å². The Morgan fingerprint density at radius 3 is 2.69 bits per heavy atom. The fraction of sp³-hybridized carbons (Fsp3) is 0.923. The smallest absolute Gasteiger partial charge is 0.233 e. The lowest BCUT2D eigenvalue weighted by molar-refractivity contribution is -0.120. The van der Waals surface area contributed by atoms with Crippen molar-refractivity contribution in [2.45, 2.75) is 45.4 Å². The van der Waals surface area contributed by atoms with Crippen molar-refractivity contribution in [3.63, 3.8) is 0 Å². The number of hydrogen-bond donors (Lipinski definition) is 2. The highest BCUT2D eigenvalue weighted by Crippen LogP contribution is 2.60. The second-order valence-electron chi connectivity index (χ2n) is 5.44. The molecule has 0 heterocycles. The first-order valence-corrected chi connectivity index (χ1v) is 6.74. The maximum Gasteiger partial charge on any atom is 0.233 e. The Bertz CT molecular complexity index is 244. The molecule has 2 fully saturated rings. The number of unbranched alkanes of at least 4 members (excludes halogenated alkanes) is 1. The first-order valence-electron chi connectivity index (χ1n) is 6.74. The summed E-state index contributed by atoms with van der Waals surface area (Å²) in [6.07, 6.45) is 7.81. The van der Waals surface area contributed by atoms with Gasteiger partial charge in [0.2, 0.25) is 5.91 Å². The summed E-state index contributed by atoms with van der Waals surface area (Å²) in [5.41, 5.74) is 0.601. The van der Waals surface area contributed by atoms with Crippen LogP contribution in [0, 0.1) is 11.3 Å². The van der Waals surface area contributed by atoms with E-state index in [1.165, 1.54) is 25.7 Å². The van der Waals surface area contributed by atoms with E-state index in [9.17, 15) is 4.79 Å². The van der Waals surface area contributed by atoms with Gasteiger partial charge in [-0.1, -0.05) is 13.3 Å². The zero-order chi connectivity index (χ0) is 11.4. The lowest BCUT2D eigenvalue weighted by Gasteiger charge is -2.14. The predicted molar refractivity (Wildman–Crippen MR) is 65.2 cm³/mol. The molecule has 2 saturated carbocycles. The summed E-state index contributed by atoms with van der Waals surface area (Å²) in [4.78, 5) is 11.4. The Morgan fingerprint density at radius 2 is 2.12 bits per heavy atom. The molecule has 0 aliphatic heterocycles. The van der Waals surface area contributed by atoms with E-state index in [4.69, 9.17) is 0 Å². The maximum absolute atomic E-state index is 11.4. The average Bonchev–Trinajstić information content (AvgIpc) is 3.12. The first kappa shape index (κ1) is 11.9. The van der Waals surface area contributed by atoms with Crippen LogP contribution >= 0.6 is 0 Å². The number of carbonyl (C=O) groups excluding carboxylic acids is 1. The summed E-state index contributed by atoms with van der Waals surface area (Å²) in [7, 11) is 0. The van der Waals surface area contributed by atoms with Crippen molar-refractivity contribution in [2.75, 3.05) is 19.6 Å². The van der Waals surface area contributed by atoms with E-state index in [1.54, 1.807) is 0 Å². The molecule has 0 spiro atoms. The van der Waals surface area contributed by atoms with Crippen LogP contribution in [-0.2, 0) is 4.79 Å². The molecule has 92 valence electrons. The second-order valence-corrected chi connectivity index (χ2v) is 5.44. The van der Waals surface area contributed by atoms with Crippen LogP contribution in [0.1, 0.15) is 45.4 Å². The van der Waals surface area contributed by atoms with Gasteiger partial charge in [-0.2, -0.15) is 0 Å². The minimum absolute atomic E-state index is 0.153. The molecule has 2 rings (SSSR count). The molecule has 0 aromatic rings. The number of rotatable bonds is 8. The molecule has 0 unspecified atom stereocenters. The van der Waals surface area contributed by atoms with Crippen molar-refractivity contribution < 1.29 is 4.79 Å². The van der Waals surface area contributed by atoms with Crippen molar-refractivity contribution >= 4 is 5.91 Å². The van der Waals surface area contributed by atoms with Crippen LogP contribution in [0.3, 0.4) is 0 Å². The van der Waals surface area contributed by atoms with E-state index in [1.807, 2.05) is 0 Å². The van der Waals surface area contributed by atoms with Crippen LogP contribution in [0.5, 0.6) is 0 Å². The Balaban J connectivity index is 1.52. The van der Waals surface area contributed by atoms with Gasteiger partial charge in [0, 0.05) is 13.1 Å². The lowest BCUT2D eigenvalue weighted by atomic mass is 10.0. The summed E-state index contributed by atoms with van der Waals surface area (Å²) in [5, 5.41) is 6.26. The van der Waals surface area contributed by atoms with Gasteiger partial charge in [-0.3, -0.25) is 4.79 Å². The summed E-state index contributed by atoms with van der Waals surface area (Å²) in [6, 6.07) is 0. The van der Waals surface area contributed by atoms with E-state index in [2.05, 4.69) is 17.6 Å². The molecule has 16 heavy (non-hydrogen) atoms. The van der Waals surface area contributed by atoms with E-state index >= 15 is 0 Å². The predicted octanol–water partition coefficient (Wildman–Crippen LogP) is 1.68. The van der Waals surface area contributed by atoms with Gasteiger partial charge in [-0.15, -0.1) is 0 Å². The molecule has 0 saturated heterocycles. The van der Waals surface area contributed by atoms with E-state index in [-0.39, 0.29) is 5.91 Å². The molecule has 2 aliphatic carbocycles. The molecule has 3 nitrogen and oxygen atoms in total. The fourth-order valence-corrected chi connectivity index (χ4v) is 2.48. The molecule has 0 atom stereocenters. The van der Waals surface area contributed by atoms with Crippen molar-refractivity contribution in [2.24, 2.45) is 11.3 Å². The van der Waals surface area contributed by atoms with E-state index in [0.29, 0.717) is 12.0 Å². The summed E-state index contributed by atoms with van der Waals surface area (Å²) < 4.78 is 0. The molecule has 2 N–H and O–H groups in total. The Kier molecular flexibility index (Phi) is 3.85. The highest BCUT2D eigenvalue weighted by atomic mass is 16.1. The van der Waals surface area contributed by atoms with Gasteiger partial charge in [0.25, 0.3) is 0 Å². The van der Waals surface area contributed by atoms with Gasteiger partial charge in [0.15, 0.2) is 0 Å². The van der Waals surface area contributed by atoms with Crippen LogP contribution in [0.25, 0.3) is 0 Å². The largest absolute Gasteiger partial charge is 0.355 e. The third-order valence-electron chi connectivity index (χ3n) is 3.95. The quantitative estimate of drug-likeness (QED) is 0.616. The molecule has 0 radical (unpaired) electrons. The molecular weight excluding hydrogens is 200 g/mol. The van der Waals surface area contributed by atoms with Crippen LogP contribution in [-0.4, -0.2) is 25.5 Å². The van der Waals surface area contributed by atoms with Crippen molar-refractivity contribution in [3.8, 4) is 0 Å². The zero-order valence-electron chi connectivity index (χ0n) is 10.3. The summed E-state index contributed by atoms with van der Waals surface area (Å²) in [5.74, 6) is 1.13. The standard InChI is InChI=1S/C13H24N2O/c1-2-3-8-15-12(16)9-14-10-13(6-7-13)11-4-5-11/h11,14H,2-10H2,1H3,(H,15,16). The molecular formula is C13H24N2O. The van der Waals surface area contributed by atoms with Gasteiger partial charge in [0.05, 0.1) is 6.54 Å². The van der Waals surface area contributed by atoms with Gasteiger partial charge < -0.3 is 10.6 Å². The fourth-order valence-electron chi connectivity index (χ4n) is 2.48. The monoisotopic (exact) mass is 224 g/mol. The number of amides is 1. The maximum atomic E-state index is 11.4. The van der Waals surface area contributed by atoms with Gasteiger partial charge in [-0.05, 0) is 43.4 Å². The van der Waals surface area contributed by atoms with Crippen LogP contribution in [0.2, 0.25) is 0 Å². The van der Waals surface area contributed by atoms with E-state index in [0.717, 1.165) is 31.8 Å². The highest BCUT2D eigenvalue weighted by molar-refractivity contribution is 5.77. The average molecular weight is 224 g/mol. The molecule has 0 aromatic heterocycles. The minimum atomic E-state index is 0.153. The lowest BCUT2D eigenvalue weighted by Crippen LogP contribution is -2.37. The molecule has 1 amide bonds. The number of nitrogens with one attached hydrogen (secondary N) is 2. The Morgan fingerprint density at radius 1 is 1.38 bits per heavy atom. The third-order valence-corrected chi connectivity index (χ3v) is 3.95. The highest BCUT2D eigenvalue weighted by Gasteiger charge is 2.53. The molecule has 0 bridgehead atoms. The Hall–Kier alpha value is -0.570. The summed E-state index contributed by atoms with van der Waals surface area (Å²) >= 11 is 0. The minimum Gasteiger partial charge on any atom is -0.355 e. The van der Waals surface area contributed by atoms with E-state index < -0.39 is 0 Å². The van der Waals surface area contributed by atoms with Gasteiger partial charge in [-0.25, -0.2) is 0 Å². The second kappa shape index (κ2) is 5.17. The van der Waals surface area contributed by atoms with Crippen LogP contribution in [0.4, 0.5) is 0 Å². The van der Waals surface area contributed by atoms with Crippen molar-refractivity contribution in [3.05, 3.63) is 0 Å². The third kappa shape index (κ3) is 3.21. The molecule has 3 heteroatoms. The number of hydrogen-bond acceptors (Lipinski definition) is 2. The van der Waals surface area contributed by atoms with Crippen LogP contribution in [0.15, 0.2) is 0 Å². The molecule has 0 aromatic carbocycles. The molecule has 2 aliphatic rings. The topological polar surface area (TPSA) is 41.1 Å². The zero-order valence-corrected chi connectivity index (χ0v) is 10.3. The summed E-state index contributed by atoms with van der Waals surface area (Å²) in [6.45, 7) is 4.51.